The molecule has 22 heavy (non-hydrogen) atoms. The van der Waals surface area contributed by atoms with E-state index in [2.05, 4.69) is 20.6 Å². The van der Waals surface area contributed by atoms with Gasteiger partial charge in [0.05, 0.1) is 27.5 Å². The molecule has 1 saturated heterocycles. The summed E-state index contributed by atoms with van der Waals surface area (Å²) in [5, 5.41) is 8.39. The largest absolute Gasteiger partial charge is 0.354 e. The first-order valence-corrected chi connectivity index (χ1v) is 8.14. The zero-order valence-electron chi connectivity index (χ0n) is 11.7. The van der Waals surface area contributed by atoms with Gasteiger partial charge < -0.3 is 10.6 Å². The molecule has 4 nitrogen and oxygen atoms in total. The first kappa shape index (κ1) is 15.8. The number of rotatable bonds is 4. The summed E-state index contributed by atoms with van der Waals surface area (Å²) in [6.07, 6.45) is 3.17. The molecule has 2 aromatic rings. The van der Waals surface area contributed by atoms with Crippen LogP contribution in [0.3, 0.4) is 0 Å². The van der Waals surface area contributed by atoms with Crippen molar-refractivity contribution in [2.24, 2.45) is 5.92 Å². The van der Waals surface area contributed by atoms with Gasteiger partial charge >= 0.3 is 0 Å². The molecule has 1 aromatic carbocycles. The van der Waals surface area contributed by atoms with Gasteiger partial charge in [0.25, 0.3) is 0 Å². The normalized spacial score (nSPS) is 21.0. The minimum atomic E-state index is 0.384. The molecule has 1 aliphatic rings. The molecule has 2 atom stereocenters. The molecule has 0 bridgehead atoms. The van der Waals surface area contributed by atoms with Crippen molar-refractivity contribution in [3.63, 3.8) is 0 Å². The third-order valence-corrected chi connectivity index (χ3v) is 4.79. The van der Waals surface area contributed by atoms with E-state index in [0.717, 1.165) is 19.6 Å². The highest BCUT2D eigenvalue weighted by Crippen LogP contribution is 2.32. The molecular weight excluding hydrogens is 343 g/mol. The molecule has 7 heteroatoms. The Labute approximate surface area is 144 Å². The quantitative estimate of drug-likeness (QED) is 0.872. The number of nitrogens with one attached hydrogen (secondary N) is 2. The molecule has 116 valence electrons. The highest BCUT2D eigenvalue weighted by Gasteiger charge is 2.28. The average Bonchev–Trinajstić information content (AvgIpc) is 2.98. The van der Waals surface area contributed by atoms with E-state index in [-0.39, 0.29) is 0 Å². The third-order valence-electron chi connectivity index (χ3n) is 3.85. The van der Waals surface area contributed by atoms with Crippen molar-refractivity contribution in [2.75, 3.05) is 25.0 Å². The van der Waals surface area contributed by atoms with E-state index in [1.54, 1.807) is 12.4 Å². The number of hydrogen-bond donors (Lipinski definition) is 2. The topological polar surface area (TPSA) is 49.8 Å². The molecule has 2 N–H and O–H groups in total. The van der Waals surface area contributed by atoms with Crippen molar-refractivity contribution < 1.29 is 0 Å². The van der Waals surface area contributed by atoms with Gasteiger partial charge in [-0.3, -0.25) is 0 Å². The van der Waals surface area contributed by atoms with E-state index < -0.39 is 0 Å². The average molecular weight is 358 g/mol. The van der Waals surface area contributed by atoms with Crippen LogP contribution in [-0.2, 0) is 0 Å². The Kier molecular flexibility index (Phi) is 5.03. The lowest BCUT2D eigenvalue weighted by Crippen LogP contribution is -2.21. The predicted octanol–water partition coefficient (Wildman–Crippen LogP) is 3.85. The fourth-order valence-corrected chi connectivity index (χ4v) is 3.11. The van der Waals surface area contributed by atoms with Crippen LogP contribution in [0.1, 0.15) is 11.5 Å². The van der Waals surface area contributed by atoms with Crippen LogP contribution in [0.2, 0.25) is 15.1 Å². The van der Waals surface area contributed by atoms with Crippen LogP contribution >= 0.6 is 34.8 Å². The summed E-state index contributed by atoms with van der Waals surface area (Å²) in [7, 11) is 0. The highest BCUT2D eigenvalue weighted by atomic mass is 35.5. The molecular formula is C15H15Cl3N4. The van der Waals surface area contributed by atoms with Gasteiger partial charge in [-0.2, -0.15) is 0 Å². The van der Waals surface area contributed by atoms with E-state index in [1.807, 2.05) is 18.2 Å². The van der Waals surface area contributed by atoms with Crippen LogP contribution < -0.4 is 10.6 Å². The van der Waals surface area contributed by atoms with Crippen LogP contribution in [0.25, 0.3) is 0 Å². The van der Waals surface area contributed by atoms with Crippen molar-refractivity contribution in [1.29, 1.82) is 0 Å². The SMILES string of the molecule is Clc1cnc(NCC2CNCC2c2ccc(Cl)c(Cl)c2)nc1. The van der Waals surface area contributed by atoms with Gasteiger partial charge in [0.15, 0.2) is 0 Å². The Morgan fingerprint density at radius 1 is 1.09 bits per heavy atom. The maximum absolute atomic E-state index is 6.13. The lowest BCUT2D eigenvalue weighted by molar-refractivity contribution is 0.544. The predicted molar refractivity (Wildman–Crippen MR) is 91.1 cm³/mol. The van der Waals surface area contributed by atoms with Crippen LogP contribution in [-0.4, -0.2) is 29.6 Å². The second-order valence-electron chi connectivity index (χ2n) is 5.30. The molecule has 0 amide bonds. The number of benzene rings is 1. The maximum Gasteiger partial charge on any atom is 0.222 e. The molecule has 1 aromatic heterocycles. The van der Waals surface area contributed by atoms with E-state index in [1.165, 1.54) is 5.56 Å². The lowest BCUT2D eigenvalue weighted by atomic mass is 9.89. The van der Waals surface area contributed by atoms with Crippen LogP contribution in [0.15, 0.2) is 30.6 Å². The summed E-state index contributed by atoms with van der Waals surface area (Å²) in [5.41, 5.74) is 1.20. The van der Waals surface area contributed by atoms with Crippen molar-refractivity contribution in [3.8, 4) is 0 Å². The Morgan fingerprint density at radius 2 is 1.86 bits per heavy atom. The van der Waals surface area contributed by atoms with Crippen molar-refractivity contribution in [2.45, 2.75) is 5.92 Å². The monoisotopic (exact) mass is 356 g/mol. The smallest absolute Gasteiger partial charge is 0.222 e. The molecule has 2 unspecified atom stereocenters. The summed E-state index contributed by atoms with van der Waals surface area (Å²) in [5.74, 6) is 1.40. The zero-order chi connectivity index (χ0) is 15.5. The van der Waals surface area contributed by atoms with Gasteiger partial charge in [-0.15, -0.1) is 0 Å². The van der Waals surface area contributed by atoms with Crippen LogP contribution in [0.5, 0.6) is 0 Å². The lowest BCUT2D eigenvalue weighted by Gasteiger charge is -2.20. The maximum atomic E-state index is 6.13. The minimum Gasteiger partial charge on any atom is -0.354 e. The van der Waals surface area contributed by atoms with Crippen LogP contribution in [0, 0.1) is 5.92 Å². The Morgan fingerprint density at radius 3 is 2.59 bits per heavy atom. The summed E-state index contributed by atoms with van der Waals surface area (Å²) >= 11 is 17.9. The Hall–Kier alpha value is -1.07. The van der Waals surface area contributed by atoms with E-state index in [9.17, 15) is 0 Å². The first-order valence-electron chi connectivity index (χ1n) is 7.00. The summed E-state index contributed by atoms with van der Waals surface area (Å²) in [4.78, 5) is 8.30. The van der Waals surface area contributed by atoms with E-state index in [4.69, 9.17) is 34.8 Å². The molecule has 0 aliphatic carbocycles. The van der Waals surface area contributed by atoms with Gasteiger partial charge in [-0.25, -0.2) is 9.97 Å². The van der Waals surface area contributed by atoms with Gasteiger partial charge in [-0.05, 0) is 23.6 Å². The van der Waals surface area contributed by atoms with E-state index >= 15 is 0 Å². The van der Waals surface area contributed by atoms with E-state index in [0.29, 0.717) is 32.9 Å². The fourth-order valence-electron chi connectivity index (χ4n) is 2.71. The summed E-state index contributed by atoms with van der Waals surface area (Å²) < 4.78 is 0. The minimum absolute atomic E-state index is 0.384. The molecule has 0 saturated carbocycles. The highest BCUT2D eigenvalue weighted by molar-refractivity contribution is 6.42. The van der Waals surface area contributed by atoms with Gasteiger partial charge in [0.2, 0.25) is 5.95 Å². The zero-order valence-corrected chi connectivity index (χ0v) is 14.0. The van der Waals surface area contributed by atoms with Gasteiger partial charge in [0, 0.05) is 25.6 Å². The molecule has 0 spiro atoms. The number of anilines is 1. The summed E-state index contributed by atoms with van der Waals surface area (Å²) in [6, 6.07) is 5.84. The van der Waals surface area contributed by atoms with Crippen molar-refractivity contribution >= 4 is 40.8 Å². The van der Waals surface area contributed by atoms with Gasteiger partial charge in [-0.1, -0.05) is 40.9 Å². The standard InChI is InChI=1S/C15H15Cl3N4/c16-11-6-21-15(22-7-11)20-5-10-4-19-8-12(10)9-1-2-13(17)14(18)3-9/h1-3,6-7,10,12,19H,4-5,8H2,(H,20,21,22). The summed E-state index contributed by atoms with van der Waals surface area (Å²) in [6.45, 7) is 2.64. The Bertz CT molecular complexity index is 648. The number of hydrogen-bond acceptors (Lipinski definition) is 4. The van der Waals surface area contributed by atoms with Gasteiger partial charge in [0.1, 0.15) is 0 Å². The number of halogens is 3. The Balaban J connectivity index is 1.67. The second-order valence-corrected chi connectivity index (χ2v) is 6.55. The number of nitrogens with zero attached hydrogens (tertiary/aromatic N) is 2. The third kappa shape index (κ3) is 3.63. The molecule has 0 radical (unpaired) electrons. The van der Waals surface area contributed by atoms with Crippen LogP contribution in [0.4, 0.5) is 5.95 Å². The molecule has 2 heterocycles. The second kappa shape index (κ2) is 7.01. The first-order chi connectivity index (χ1) is 10.6. The number of aromatic nitrogens is 2. The van der Waals surface area contributed by atoms with Crippen molar-refractivity contribution in [3.05, 3.63) is 51.2 Å². The molecule has 3 rings (SSSR count). The molecule has 1 aliphatic heterocycles. The van der Waals surface area contributed by atoms with Crippen molar-refractivity contribution in [1.82, 2.24) is 15.3 Å². The molecule has 1 fully saturated rings. The fraction of sp³-hybridized carbons (Fsp3) is 0.333.